The largest absolute Gasteiger partial charge is 0.387 e. The van der Waals surface area contributed by atoms with E-state index in [1.54, 1.807) is 7.11 Å². The minimum atomic E-state index is -0.535. The average molecular weight is 291 g/mol. The van der Waals surface area contributed by atoms with Crippen molar-refractivity contribution in [3.05, 3.63) is 47.6 Å². The number of hydrogen-bond donors (Lipinski definition) is 1. The molecule has 0 saturated carbocycles. The van der Waals surface area contributed by atoms with Crippen molar-refractivity contribution in [3.63, 3.8) is 0 Å². The monoisotopic (exact) mass is 291 g/mol. The second-order valence-electron chi connectivity index (χ2n) is 4.97. The quantitative estimate of drug-likeness (QED) is 0.793. The molecule has 0 aliphatic heterocycles. The average Bonchev–Trinajstić information content (AvgIpc) is 2.93. The zero-order chi connectivity index (χ0) is 15.1. The third-order valence-electron chi connectivity index (χ3n) is 3.11. The fourth-order valence-electron chi connectivity index (χ4n) is 2.02. The van der Waals surface area contributed by atoms with Gasteiger partial charge in [-0.15, -0.1) is 0 Å². The van der Waals surface area contributed by atoms with Gasteiger partial charge < -0.3 is 14.4 Å². The normalized spacial score (nSPS) is 12.8. The van der Waals surface area contributed by atoms with E-state index >= 15 is 0 Å². The Labute approximate surface area is 124 Å². The SMILES string of the molecule is COCCc1noc(CN(C)CC(O)c2ccccc2)n1. The lowest BCUT2D eigenvalue weighted by Gasteiger charge is -2.19. The summed E-state index contributed by atoms with van der Waals surface area (Å²) in [4.78, 5) is 6.24. The Morgan fingerprint density at radius 3 is 2.81 bits per heavy atom. The number of ether oxygens (including phenoxy) is 1. The number of aliphatic hydroxyl groups excluding tert-OH is 1. The summed E-state index contributed by atoms with van der Waals surface area (Å²) in [5.74, 6) is 1.19. The van der Waals surface area contributed by atoms with Crippen molar-refractivity contribution >= 4 is 0 Å². The highest BCUT2D eigenvalue weighted by Gasteiger charge is 2.13. The molecule has 0 fully saturated rings. The number of aromatic nitrogens is 2. The molecule has 0 radical (unpaired) electrons. The van der Waals surface area contributed by atoms with Gasteiger partial charge in [0.25, 0.3) is 0 Å². The molecule has 1 heterocycles. The third-order valence-corrected chi connectivity index (χ3v) is 3.11. The predicted octanol–water partition coefficient (Wildman–Crippen LogP) is 1.42. The Balaban J connectivity index is 1.84. The van der Waals surface area contributed by atoms with Gasteiger partial charge in [-0.05, 0) is 12.6 Å². The van der Waals surface area contributed by atoms with Crippen LogP contribution in [0.2, 0.25) is 0 Å². The van der Waals surface area contributed by atoms with E-state index in [1.165, 1.54) is 0 Å². The lowest BCUT2D eigenvalue weighted by molar-refractivity contribution is 0.118. The van der Waals surface area contributed by atoms with Crippen molar-refractivity contribution in [1.82, 2.24) is 15.0 Å². The van der Waals surface area contributed by atoms with Crippen molar-refractivity contribution in [3.8, 4) is 0 Å². The van der Waals surface area contributed by atoms with Crippen molar-refractivity contribution < 1.29 is 14.4 Å². The van der Waals surface area contributed by atoms with Crippen LogP contribution in [0, 0.1) is 0 Å². The van der Waals surface area contributed by atoms with E-state index in [-0.39, 0.29) is 0 Å². The van der Waals surface area contributed by atoms with Crippen LogP contribution in [-0.4, -0.2) is 47.5 Å². The molecule has 0 saturated heterocycles. The molecule has 2 rings (SSSR count). The van der Waals surface area contributed by atoms with E-state index in [9.17, 15) is 5.11 Å². The van der Waals surface area contributed by atoms with Gasteiger partial charge in [0.2, 0.25) is 5.89 Å². The molecule has 1 aromatic carbocycles. The van der Waals surface area contributed by atoms with E-state index in [4.69, 9.17) is 9.26 Å². The molecular weight excluding hydrogens is 270 g/mol. The van der Waals surface area contributed by atoms with Gasteiger partial charge in [0, 0.05) is 20.1 Å². The Kier molecular flexibility index (Phi) is 5.86. The number of nitrogens with zero attached hydrogens (tertiary/aromatic N) is 3. The first kappa shape index (κ1) is 15.6. The smallest absolute Gasteiger partial charge is 0.240 e. The number of aliphatic hydroxyl groups is 1. The molecule has 0 aliphatic carbocycles. The van der Waals surface area contributed by atoms with Crippen LogP contribution < -0.4 is 0 Å². The van der Waals surface area contributed by atoms with Crippen LogP contribution in [0.4, 0.5) is 0 Å². The summed E-state index contributed by atoms with van der Waals surface area (Å²) in [6.45, 7) is 1.57. The van der Waals surface area contributed by atoms with Crippen molar-refractivity contribution in [2.45, 2.75) is 19.1 Å². The van der Waals surface area contributed by atoms with Crippen LogP contribution in [0.3, 0.4) is 0 Å². The predicted molar refractivity (Wildman–Crippen MR) is 77.6 cm³/mol. The highest BCUT2D eigenvalue weighted by atomic mass is 16.5. The molecule has 6 heteroatoms. The second kappa shape index (κ2) is 7.87. The van der Waals surface area contributed by atoms with Gasteiger partial charge in [0.15, 0.2) is 5.82 Å². The third kappa shape index (κ3) is 4.93. The summed E-state index contributed by atoms with van der Waals surface area (Å²) >= 11 is 0. The number of benzene rings is 1. The highest BCUT2D eigenvalue weighted by Crippen LogP contribution is 2.14. The lowest BCUT2D eigenvalue weighted by atomic mass is 10.1. The van der Waals surface area contributed by atoms with Crippen molar-refractivity contribution in [2.24, 2.45) is 0 Å². The summed E-state index contributed by atoms with van der Waals surface area (Å²) in [6.07, 6.45) is 0.100. The number of methoxy groups -OCH3 is 1. The van der Waals surface area contributed by atoms with Crippen molar-refractivity contribution in [1.29, 1.82) is 0 Å². The molecule has 2 aromatic rings. The molecule has 0 bridgehead atoms. The van der Waals surface area contributed by atoms with Gasteiger partial charge >= 0.3 is 0 Å². The summed E-state index contributed by atoms with van der Waals surface area (Å²) < 4.78 is 10.2. The molecule has 0 spiro atoms. The molecule has 1 aromatic heterocycles. The molecule has 1 unspecified atom stereocenters. The van der Waals surface area contributed by atoms with E-state index in [1.807, 2.05) is 42.3 Å². The fraction of sp³-hybridized carbons (Fsp3) is 0.467. The van der Waals surface area contributed by atoms with Gasteiger partial charge in [-0.3, -0.25) is 4.90 Å². The summed E-state index contributed by atoms with van der Waals surface area (Å²) in [5.41, 5.74) is 0.899. The molecular formula is C15H21N3O3. The number of likely N-dealkylation sites (N-methyl/N-ethyl adjacent to an activating group) is 1. The molecule has 0 aliphatic rings. The standard InChI is InChI=1S/C15H21N3O3/c1-18(10-13(19)12-6-4-3-5-7-12)11-15-16-14(17-21-15)8-9-20-2/h3-7,13,19H,8-11H2,1-2H3. The van der Waals surface area contributed by atoms with Gasteiger partial charge in [-0.2, -0.15) is 4.98 Å². The Hall–Kier alpha value is -1.76. The first-order valence-corrected chi connectivity index (χ1v) is 6.91. The first-order chi connectivity index (χ1) is 10.2. The van der Waals surface area contributed by atoms with E-state index < -0.39 is 6.10 Å². The molecule has 6 nitrogen and oxygen atoms in total. The Morgan fingerprint density at radius 1 is 1.33 bits per heavy atom. The van der Waals surface area contributed by atoms with Crippen LogP contribution in [-0.2, 0) is 17.7 Å². The van der Waals surface area contributed by atoms with Crippen LogP contribution in [0.15, 0.2) is 34.9 Å². The zero-order valence-electron chi connectivity index (χ0n) is 12.4. The Morgan fingerprint density at radius 2 is 2.10 bits per heavy atom. The summed E-state index contributed by atoms with van der Waals surface area (Å²) in [6, 6.07) is 9.58. The van der Waals surface area contributed by atoms with Crippen LogP contribution >= 0.6 is 0 Å². The number of hydrogen-bond acceptors (Lipinski definition) is 6. The van der Waals surface area contributed by atoms with Gasteiger partial charge in [0.1, 0.15) is 0 Å². The van der Waals surface area contributed by atoms with Gasteiger partial charge in [-0.25, -0.2) is 0 Å². The number of rotatable bonds is 8. The van der Waals surface area contributed by atoms with E-state index in [0.717, 1.165) is 5.56 Å². The maximum atomic E-state index is 10.2. The molecule has 1 N–H and O–H groups in total. The Bertz CT molecular complexity index is 530. The summed E-state index contributed by atoms with van der Waals surface area (Å²) in [7, 11) is 3.55. The molecule has 21 heavy (non-hydrogen) atoms. The van der Waals surface area contributed by atoms with E-state index in [0.29, 0.717) is 37.8 Å². The summed E-state index contributed by atoms with van der Waals surface area (Å²) in [5, 5.41) is 14.1. The maximum absolute atomic E-state index is 10.2. The second-order valence-corrected chi connectivity index (χ2v) is 4.97. The zero-order valence-corrected chi connectivity index (χ0v) is 12.4. The van der Waals surface area contributed by atoms with Gasteiger partial charge in [-0.1, -0.05) is 35.5 Å². The minimum Gasteiger partial charge on any atom is -0.387 e. The van der Waals surface area contributed by atoms with Gasteiger partial charge in [0.05, 0.1) is 19.3 Å². The minimum absolute atomic E-state index is 0.500. The van der Waals surface area contributed by atoms with Crippen LogP contribution in [0.1, 0.15) is 23.4 Å². The molecule has 114 valence electrons. The molecule has 0 amide bonds. The van der Waals surface area contributed by atoms with Crippen LogP contribution in [0.25, 0.3) is 0 Å². The van der Waals surface area contributed by atoms with E-state index in [2.05, 4.69) is 10.1 Å². The maximum Gasteiger partial charge on any atom is 0.240 e. The fourth-order valence-corrected chi connectivity index (χ4v) is 2.02. The lowest BCUT2D eigenvalue weighted by Crippen LogP contribution is -2.24. The first-order valence-electron chi connectivity index (χ1n) is 6.91. The van der Waals surface area contributed by atoms with Crippen molar-refractivity contribution in [2.75, 3.05) is 27.3 Å². The molecule has 1 atom stereocenters. The highest BCUT2D eigenvalue weighted by molar-refractivity contribution is 5.17. The topological polar surface area (TPSA) is 71.6 Å². The van der Waals surface area contributed by atoms with Crippen LogP contribution in [0.5, 0.6) is 0 Å².